The summed E-state index contributed by atoms with van der Waals surface area (Å²) in [6.45, 7) is 8.71. The first-order valence-corrected chi connectivity index (χ1v) is 9.10. The van der Waals surface area contributed by atoms with Crippen LogP contribution in [-0.4, -0.2) is 23.3 Å². The summed E-state index contributed by atoms with van der Waals surface area (Å²) in [4.78, 5) is 12.5. The molecule has 6 atom stereocenters. The third-order valence-electron chi connectivity index (χ3n) is 7.25. The molecule has 4 rings (SSSR count). The second-order valence-corrected chi connectivity index (χ2v) is 8.89. The highest BCUT2D eigenvalue weighted by Gasteiger charge is 2.65. The van der Waals surface area contributed by atoms with Gasteiger partial charge in [0.2, 0.25) is 0 Å². The van der Waals surface area contributed by atoms with Crippen LogP contribution in [0.15, 0.2) is 23.3 Å². The summed E-state index contributed by atoms with van der Waals surface area (Å²) >= 11 is 0. The van der Waals surface area contributed by atoms with Crippen molar-refractivity contribution in [2.45, 2.75) is 65.6 Å². The van der Waals surface area contributed by atoms with Crippen LogP contribution in [-0.2, 0) is 9.53 Å². The number of rotatable bonds is 1. The Morgan fingerprint density at radius 1 is 1.30 bits per heavy atom. The maximum atomic E-state index is 12.5. The van der Waals surface area contributed by atoms with Crippen molar-refractivity contribution in [2.75, 3.05) is 0 Å². The van der Waals surface area contributed by atoms with Gasteiger partial charge in [0.1, 0.15) is 6.10 Å². The predicted octanol–water partition coefficient (Wildman–Crippen LogP) is 3.63. The highest BCUT2D eigenvalue weighted by atomic mass is 16.6. The molecule has 0 aromatic heterocycles. The molecule has 3 aliphatic carbocycles. The van der Waals surface area contributed by atoms with Crippen molar-refractivity contribution in [1.29, 1.82) is 0 Å². The van der Waals surface area contributed by atoms with E-state index in [0.29, 0.717) is 11.8 Å². The molecule has 0 aromatic rings. The summed E-state index contributed by atoms with van der Waals surface area (Å²) in [6.07, 6.45) is 7.89. The number of fused-ring (bicyclic) bond motifs is 2. The van der Waals surface area contributed by atoms with Crippen molar-refractivity contribution < 1.29 is 14.6 Å². The standard InChI is InChI=1S/C20H28O3/c1-11(2)13-8-12-9-16-17-19(3,14(12)10-15(13)21)6-5-7-20(17,4)18(22)23-16/h8-9,11,14-17,21H,5-7,10H2,1-4H3/t14-,15-,16+,17+,19+,20-/m1/s1. The minimum atomic E-state index is -0.350. The van der Waals surface area contributed by atoms with Crippen LogP contribution in [0.1, 0.15) is 53.4 Å². The lowest BCUT2D eigenvalue weighted by Gasteiger charge is -2.55. The molecular weight excluding hydrogens is 288 g/mol. The van der Waals surface area contributed by atoms with E-state index in [0.717, 1.165) is 31.3 Å². The second-order valence-electron chi connectivity index (χ2n) is 8.89. The molecule has 4 aliphatic rings. The average molecular weight is 316 g/mol. The number of aliphatic hydroxyl groups is 1. The van der Waals surface area contributed by atoms with Crippen LogP contribution in [0.4, 0.5) is 0 Å². The molecule has 2 fully saturated rings. The van der Waals surface area contributed by atoms with Crippen LogP contribution in [0.3, 0.4) is 0 Å². The van der Waals surface area contributed by atoms with E-state index in [9.17, 15) is 9.90 Å². The van der Waals surface area contributed by atoms with E-state index in [2.05, 4.69) is 39.8 Å². The molecule has 0 radical (unpaired) electrons. The number of carbonyl (C=O) groups is 1. The van der Waals surface area contributed by atoms with E-state index < -0.39 is 0 Å². The third kappa shape index (κ3) is 1.89. The Hall–Kier alpha value is -1.09. The smallest absolute Gasteiger partial charge is 0.312 e. The molecular formula is C20H28O3. The highest BCUT2D eigenvalue weighted by molar-refractivity contribution is 5.80. The van der Waals surface area contributed by atoms with Crippen LogP contribution in [0.5, 0.6) is 0 Å². The van der Waals surface area contributed by atoms with E-state index in [1.54, 1.807) is 0 Å². The number of hydrogen-bond donors (Lipinski definition) is 1. The molecule has 0 amide bonds. The summed E-state index contributed by atoms with van der Waals surface area (Å²) in [5.41, 5.74) is 2.12. The SMILES string of the molecule is CC(C)C1=CC2=C[C@@H]3OC(=O)[C@]4(C)CCC[C@@](C)([C@@H]2C[C@H]1O)[C@H]34. The topological polar surface area (TPSA) is 46.5 Å². The van der Waals surface area contributed by atoms with Gasteiger partial charge in [-0.3, -0.25) is 4.79 Å². The van der Waals surface area contributed by atoms with Crippen molar-refractivity contribution >= 4 is 5.97 Å². The predicted molar refractivity (Wildman–Crippen MR) is 88.6 cm³/mol. The van der Waals surface area contributed by atoms with Crippen LogP contribution < -0.4 is 0 Å². The Bertz CT molecular complexity index is 616. The van der Waals surface area contributed by atoms with E-state index in [1.165, 1.54) is 5.57 Å². The fourth-order valence-electron chi connectivity index (χ4n) is 6.13. The highest BCUT2D eigenvalue weighted by Crippen LogP contribution is 2.65. The zero-order chi connectivity index (χ0) is 16.6. The van der Waals surface area contributed by atoms with Crippen molar-refractivity contribution in [2.24, 2.45) is 28.6 Å². The molecule has 1 aliphatic heterocycles. The first kappa shape index (κ1) is 15.4. The van der Waals surface area contributed by atoms with Crippen molar-refractivity contribution in [3.63, 3.8) is 0 Å². The fraction of sp³-hybridized carbons (Fsp3) is 0.750. The normalized spacial score (nSPS) is 48.3. The molecule has 1 saturated heterocycles. The number of aliphatic hydroxyl groups excluding tert-OH is 1. The first-order chi connectivity index (χ1) is 10.8. The Morgan fingerprint density at radius 3 is 2.74 bits per heavy atom. The Balaban J connectivity index is 1.84. The van der Waals surface area contributed by atoms with Crippen molar-refractivity contribution in [3.05, 3.63) is 23.3 Å². The maximum absolute atomic E-state index is 12.5. The van der Waals surface area contributed by atoms with E-state index in [4.69, 9.17) is 4.74 Å². The summed E-state index contributed by atoms with van der Waals surface area (Å²) in [5.74, 6) is 0.934. The second kappa shape index (κ2) is 4.72. The molecule has 0 unspecified atom stereocenters. The molecule has 0 bridgehead atoms. The third-order valence-corrected chi connectivity index (χ3v) is 7.25. The minimum Gasteiger partial charge on any atom is -0.457 e. The van der Waals surface area contributed by atoms with Crippen LogP contribution in [0, 0.1) is 28.6 Å². The van der Waals surface area contributed by atoms with Crippen LogP contribution >= 0.6 is 0 Å². The van der Waals surface area contributed by atoms with Gasteiger partial charge in [-0.15, -0.1) is 0 Å². The summed E-state index contributed by atoms with van der Waals surface area (Å²) < 4.78 is 5.81. The molecule has 1 heterocycles. The maximum Gasteiger partial charge on any atom is 0.312 e. The average Bonchev–Trinajstić information content (AvgIpc) is 2.72. The number of ether oxygens (including phenoxy) is 1. The zero-order valence-electron chi connectivity index (χ0n) is 14.6. The number of esters is 1. The molecule has 0 aromatic carbocycles. The summed E-state index contributed by atoms with van der Waals surface area (Å²) in [6, 6.07) is 0. The summed E-state index contributed by atoms with van der Waals surface area (Å²) in [7, 11) is 0. The van der Waals surface area contributed by atoms with Gasteiger partial charge in [0.05, 0.1) is 11.5 Å². The van der Waals surface area contributed by atoms with Gasteiger partial charge in [-0.1, -0.05) is 33.3 Å². The van der Waals surface area contributed by atoms with E-state index in [1.807, 2.05) is 0 Å². The lowest BCUT2D eigenvalue weighted by atomic mass is 9.47. The molecule has 3 nitrogen and oxygen atoms in total. The van der Waals surface area contributed by atoms with E-state index in [-0.39, 0.29) is 34.9 Å². The lowest BCUT2D eigenvalue weighted by molar-refractivity contribution is -0.148. The Kier molecular flexibility index (Phi) is 3.17. The van der Waals surface area contributed by atoms with Crippen LogP contribution in [0.25, 0.3) is 0 Å². The molecule has 23 heavy (non-hydrogen) atoms. The summed E-state index contributed by atoms with van der Waals surface area (Å²) in [5, 5.41) is 10.7. The number of allylic oxidation sites excluding steroid dienone is 2. The van der Waals surface area contributed by atoms with Gasteiger partial charge < -0.3 is 9.84 Å². The number of carbonyl (C=O) groups excluding carboxylic acids is 1. The Morgan fingerprint density at radius 2 is 2.04 bits per heavy atom. The van der Waals surface area contributed by atoms with Gasteiger partial charge in [-0.2, -0.15) is 0 Å². The van der Waals surface area contributed by atoms with Gasteiger partial charge in [-0.05, 0) is 60.7 Å². The minimum absolute atomic E-state index is 0.0115. The van der Waals surface area contributed by atoms with Gasteiger partial charge >= 0.3 is 5.97 Å². The fourth-order valence-corrected chi connectivity index (χ4v) is 6.13. The molecule has 1 N–H and O–H groups in total. The monoisotopic (exact) mass is 316 g/mol. The van der Waals surface area contributed by atoms with Crippen molar-refractivity contribution in [1.82, 2.24) is 0 Å². The molecule has 126 valence electrons. The van der Waals surface area contributed by atoms with Gasteiger partial charge in [0.25, 0.3) is 0 Å². The van der Waals surface area contributed by atoms with E-state index >= 15 is 0 Å². The molecule has 3 heteroatoms. The van der Waals surface area contributed by atoms with Crippen molar-refractivity contribution in [3.8, 4) is 0 Å². The largest absolute Gasteiger partial charge is 0.457 e. The van der Waals surface area contributed by atoms with Crippen LogP contribution in [0.2, 0.25) is 0 Å². The van der Waals surface area contributed by atoms with Gasteiger partial charge in [0, 0.05) is 5.92 Å². The molecule has 0 spiro atoms. The van der Waals surface area contributed by atoms with Gasteiger partial charge in [-0.25, -0.2) is 0 Å². The number of hydrogen-bond acceptors (Lipinski definition) is 3. The van der Waals surface area contributed by atoms with Gasteiger partial charge in [0.15, 0.2) is 0 Å². The zero-order valence-corrected chi connectivity index (χ0v) is 14.6. The quantitative estimate of drug-likeness (QED) is 0.752. The lowest BCUT2D eigenvalue weighted by Crippen LogP contribution is -2.53. The Labute approximate surface area is 138 Å². The first-order valence-electron chi connectivity index (χ1n) is 9.10. The molecule has 1 saturated carbocycles.